The predicted molar refractivity (Wildman–Crippen MR) is 65.0 cm³/mol. The topological polar surface area (TPSA) is 55.8 Å². The van der Waals surface area contributed by atoms with E-state index < -0.39 is 23.7 Å². The zero-order valence-electron chi connectivity index (χ0n) is 10.8. The molecular formula is C13H13F3O4. The monoisotopic (exact) mass is 290 g/mol. The largest absolute Gasteiger partial charge is 0.573 e. The summed E-state index contributed by atoms with van der Waals surface area (Å²) in [6, 6.07) is 2.86. The maximum absolute atomic E-state index is 12.3. The van der Waals surface area contributed by atoms with Crippen molar-refractivity contribution < 1.29 is 32.5 Å². The van der Waals surface area contributed by atoms with Gasteiger partial charge in [0.2, 0.25) is 0 Å². The van der Waals surface area contributed by atoms with E-state index in [1.54, 1.807) is 13.8 Å². The number of aromatic carboxylic acids is 1. The minimum atomic E-state index is -4.90. The molecule has 0 saturated carbocycles. The Morgan fingerprint density at radius 2 is 1.85 bits per heavy atom. The Kier molecular flexibility index (Phi) is 4.32. The van der Waals surface area contributed by atoms with E-state index in [1.165, 1.54) is 6.08 Å². The van der Waals surface area contributed by atoms with E-state index in [-0.39, 0.29) is 11.3 Å². The first-order valence-corrected chi connectivity index (χ1v) is 5.50. The van der Waals surface area contributed by atoms with E-state index in [4.69, 9.17) is 9.84 Å². The van der Waals surface area contributed by atoms with Crippen molar-refractivity contribution in [1.29, 1.82) is 0 Å². The highest BCUT2D eigenvalue weighted by Crippen LogP contribution is 2.35. The normalized spacial score (nSPS) is 11.8. The van der Waals surface area contributed by atoms with Gasteiger partial charge in [-0.1, -0.05) is 6.58 Å². The lowest BCUT2D eigenvalue weighted by atomic mass is 10.1. The highest BCUT2D eigenvalue weighted by atomic mass is 19.4. The van der Waals surface area contributed by atoms with Crippen molar-refractivity contribution in [2.45, 2.75) is 25.8 Å². The molecule has 0 fully saturated rings. The summed E-state index contributed by atoms with van der Waals surface area (Å²) in [5, 5.41) is 8.85. The molecule has 4 nitrogen and oxygen atoms in total. The number of hydrogen-bond acceptors (Lipinski definition) is 3. The van der Waals surface area contributed by atoms with Gasteiger partial charge < -0.3 is 14.6 Å². The molecule has 0 saturated heterocycles. The summed E-state index contributed by atoms with van der Waals surface area (Å²) < 4.78 is 46.0. The summed E-state index contributed by atoms with van der Waals surface area (Å²) >= 11 is 0. The third-order valence-corrected chi connectivity index (χ3v) is 2.28. The first kappa shape index (κ1) is 15.9. The Labute approximate surface area is 113 Å². The zero-order chi connectivity index (χ0) is 15.6. The molecule has 0 atom stereocenters. The smallest absolute Gasteiger partial charge is 0.480 e. The summed E-state index contributed by atoms with van der Waals surface area (Å²) in [5.41, 5.74) is -1.20. The standard InChI is InChI=1S/C13H13F3O4/c1-4-12(2,3)19-10-7-8(11(17)18)5-6-9(10)20-13(14,15)16/h4-7H,1H2,2-3H3,(H,17,18). The number of hydrogen-bond donors (Lipinski definition) is 1. The summed E-state index contributed by atoms with van der Waals surface area (Å²) in [4.78, 5) is 10.8. The van der Waals surface area contributed by atoms with Gasteiger partial charge in [0.1, 0.15) is 5.60 Å². The summed E-state index contributed by atoms with van der Waals surface area (Å²) in [6.07, 6.45) is -3.53. The van der Waals surface area contributed by atoms with Crippen LogP contribution < -0.4 is 9.47 Å². The highest BCUT2D eigenvalue weighted by Gasteiger charge is 2.33. The Bertz CT molecular complexity index is 521. The molecule has 0 aliphatic rings. The van der Waals surface area contributed by atoms with Crippen molar-refractivity contribution in [3.05, 3.63) is 36.4 Å². The highest BCUT2D eigenvalue weighted by molar-refractivity contribution is 5.88. The number of rotatable bonds is 5. The summed E-state index contributed by atoms with van der Waals surface area (Å²) in [6.45, 7) is 6.61. The molecule has 1 aromatic rings. The second-order valence-corrected chi connectivity index (χ2v) is 4.42. The number of carboxylic acids is 1. The van der Waals surface area contributed by atoms with Crippen LogP contribution in [0.1, 0.15) is 24.2 Å². The van der Waals surface area contributed by atoms with Crippen LogP contribution in [0.5, 0.6) is 11.5 Å². The molecule has 0 heterocycles. The number of halogens is 3. The lowest BCUT2D eigenvalue weighted by Gasteiger charge is -2.24. The van der Waals surface area contributed by atoms with Crippen LogP contribution >= 0.6 is 0 Å². The Balaban J connectivity index is 3.23. The molecule has 0 bridgehead atoms. The fourth-order valence-corrected chi connectivity index (χ4v) is 1.25. The SMILES string of the molecule is C=CC(C)(C)Oc1cc(C(=O)O)ccc1OC(F)(F)F. The van der Waals surface area contributed by atoms with Gasteiger partial charge in [0.05, 0.1) is 5.56 Å². The average molecular weight is 290 g/mol. The third kappa shape index (κ3) is 4.49. The number of benzene rings is 1. The maximum Gasteiger partial charge on any atom is 0.573 e. The van der Waals surface area contributed by atoms with Gasteiger partial charge in [-0.25, -0.2) is 4.79 Å². The Morgan fingerprint density at radius 3 is 2.30 bits per heavy atom. The quantitative estimate of drug-likeness (QED) is 0.841. The fourth-order valence-electron chi connectivity index (χ4n) is 1.25. The fraction of sp³-hybridized carbons (Fsp3) is 0.308. The molecule has 0 aromatic heterocycles. The van der Waals surface area contributed by atoms with Gasteiger partial charge in [-0.15, -0.1) is 13.2 Å². The number of carboxylic acid groups (broad SMARTS) is 1. The zero-order valence-corrected chi connectivity index (χ0v) is 10.8. The molecular weight excluding hydrogens is 277 g/mol. The molecule has 0 aliphatic carbocycles. The van der Waals surface area contributed by atoms with Gasteiger partial charge in [0.15, 0.2) is 11.5 Å². The first-order chi connectivity index (χ1) is 9.04. The molecule has 1 N–H and O–H groups in total. The van der Waals surface area contributed by atoms with Gasteiger partial charge in [-0.3, -0.25) is 0 Å². The second kappa shape index (κ2) is 5.44. The van der Waals surface area contributed by atoms with Gasteiger partial charge >= 0.3 is 12.3 Å². The van der Waals surface area contributed by atoms with Crippen molar-refractivity contribution in [1.82, 2.24) is 0 Å². The van der Waals surface area contributed by atoms with Crippen LogP contribution in [0.3, 0.4) is 0 Å². The van der Waals surface area contributed by atoms with E-state index in [0.717, 1.165) is 18.2 Å². The maximum atomic E-state index is 12.3. The van der Waals surface area contributed by atoms with E-state index in [2.05, 4.69) is 11.3 Å². The third-order valence-electron chi connectivity index (χ3n) is 2.28. The van der Waals surface area contributed by atoms with Gasteiger partial charge in [-0.2, -0.15) is 0 Å². The lowest BCUT2D eigenvalue weighted by Crippen LogP contribution is -2.26. The van der Waals surface area contributed by atoms with Crippen molar-refractivity contribution in [3.63, 3.8) is 0 Å². The molecule has 20 heavy (non-hydrogen) atoms. The van der Waals surface area contributed by atoms with E-state index >= 15 is 0 Å². The molecule has 110 valence electrons. The summed E-state index contributed by atoms with van der Waals surface area (Å²) in [7, 11) is 0. The van der Waals surface area contributed by atoms with Crippen molar-refractivity contribution in [2.75, 3.05) is 0 Å². The van der Waals surface area contributed by atoms with Crippen LogP contribution in [0.4, 0.5) is 13.2 Å². The molecule has 0 radical (unpaired) electrons. The van der Waals surface area contributed by atoms with Crippen LogP contribution in [-0.2, 0) is 0 Å². The molecule has 0 aliphatic heterocycles. The molecule has 0 unspecified atom stereocenters. The van der Waals surface area contributed by atoms with Gasteiger partial charge in [-0.05, 0) is 38.1 Å². The number of ether oxygens (including phenoxy) is 2. The van der Waals surface area contributed by atoms with Crippen LogP contribution in [0.25, 0.3) is 0 Å². The van der Waals surface area contributed by atoms with Crippen LogP contribution in [0.15, 0.2) is 30.9 Å². The number of alkyl halides is 3. The summed E-state index contributed by atoms with van der Waals surface area (Å²) in [5.74, 6) is -2.23. The van der Waals surface area contributed by atoms with E-state index in [0.29, 0.717) is 0 Å². The second-order valence-electron chi connectivity index (χ2n) is 4.42. The van der Waals surface area contributed by atoms with Crippen LogP contribution in [0.2, 0.25) is 0 Å². The van der Waals surface area contributed by atoms with Crippen molar-refractivity contribution in [2.24, 2.45) is 0 Å². The van der Waals surface area contributed by atoms with Crippen molar-refractivity contribution >= 4 is 5.97 Å². The molecule has 0 amide bonds. The lowest BCUT2D eigenvalue weighted by molar-refractivity contribution is -0.275. The van der Waals surface area contributed by atoms with E-state index in [9.17, 15) is 18.0 Å². The average Bonchev–Trinajstić information content (AvgIpc) is 2.29. The van der Waals surface area contributed by atoms with Crippen molar-refractivity contribution in [3.8, 4) is 11.5 Å². The van der Waals surface area contributed by atoms with Gasteiger partial charge in [0, 0.05) is 0 Å². The minimum absolute atomic E-state index is 0.214. The van der Waals surface area contributed by atoms with Crippen LogP contribution in [0, 0.1) is 0 Å². The Hall–Kier alpha value is -2.18. The number of carbonyl (C=O) groups is 1. The Morgan fingerprint density at radius 1 is 1.25 bits per heavy atom. The van der Waals surface area contributed by atoms with Gasteiger partial charge in [0.25, 0.3) is 0 Å². The molecule has 7 heteroatoms. The molecule has 1 aromatic carbocycles. The minimum Gasteiger partial charge on any atom is -0.480 e. The van der Waals surface area contributed by atoms with Crippen LogP contribution in [-0.4, -0.2) is 23.0 Å². The molecule has 1 rings (SSSR count). The molecule has 0 spiro atoms. The predicted octanol–water partition coefficient (Wildman–Crippen LogP) is 3.63. The first-order valence-electron chi connectivity index (χ1n) is 5.50. The van der Waals surface area contributed by atoms with E-state index in [1.807, 2.05) is 0 Å².